The summed E-state index contributed by atoms with van der Waals surface area (Å²) in [4.78, 5) is 4.00. The summed E-state index contributed by atoms with van der Waals surface area (Å²) in [6.07, 6.45) is 0.554. The molecule has 0 spiro atoms. The molecule has 0 radical (unpaired) electrons. The van der Waals surface area contributed by atoms with Gasteiger partial charge >= 0.3 is 0 Å². The average Bonchev–Trinajstić information content (AvgIpc) is 2.46. The van der Waals surface area contributed by atoms with Crippen LogP contribution in [-0.4, -0.2) is 16.6 Å². The minimum absolute atomic E-state index is 0.0717. The second kappa shape index (κ2) is 6.79. The first kappa shape index (κ1) is 14.9. The van der Waals surface area contributed by atoms with Gasteiger partial charge in [-0.05, 0) is 36.8 Å². The second-order valence-electron chi connectivity index (χ2n) is 4.60. The lowest BCUT2D eigenvalue weighted by Gasteiger charge is -2.17. The zero-order valence-electron chi connectivity index (χ0n) is 11.1. The number of hydrogen-bond donors (Lipinski definition) is 2. The van der Waals surface area contributed by atoms with Gasteiger partial charge in [0.15, 0.2) is 0 Å². The van der Waals surface area contributed by atoms with Crippen LogP contribution >= 0.6 is 11.6 Å². The van der Waals surface area contributed by atoms with Crippen LogP contribution in [0, 0.1) is 5.82 Å². The van der Waals surface area contributed by atoms with Gasteiger partial charge in [0.1, 0.15) is 5.82 Å². The van der Waals surface area contributed by atoms with Gasteiger partial charge in [-0.15, -0.1) is 0 Å². The van der Waals surface area contributed by atoms with E-state index in [0.29, 0.717) is 11.6 Å². The van der Waals surface area contributed by atoms with E-state index in [1.165, 1.54) is 12.3 Å². The molecule has 0 aliphatic rings. The first-order valence-corrected chi connectivity index (χ1v) is 6.72. The molecule has 20 heavy (non-hydrogen) atoms. The number of aliphatic hydroxyl groups excluding tert-OH is 1. The fourth-order valence-electron chi connectivity index (χ4n) is 1.84. The van der Waals surface area contributed by atoms with Crippen LogP contribution < -0.4 is 5.32 Å². The van der Waals surface area contributed by atoms with Crippen LogP contribution in [0.25, 0.3) is 0 Å². The van der Waals surface area contributed by atoms with Gasteiger partial charge in [-0.3, -0.25) is 4.98 Å². The summed E-state index contributed by atoms with van der Waals surface area (Å²) in [7, 11) is 0. The molecule has 2 rings (SSSR count). The maximum Gasteiger partial charge on any atom is 0.141 e. The lowest BCUT2D eigenvalue weighted by molar-refractivity contribution is 0.170. The fourth-order valence-corrected chi connectivity index (χ4v) is 1.97. The Bertz CT molecular complexity index is 493. The molecule has 0 aliphatic heterocycles. The molecule has 2 unspecified atom stereocenters. The first-order valence-electron chi connectivity index (χ1n) is 6.34. The topological polar surface area (TPSA) is 45.1 Å². The van der Waals surface area contributed by atoms with Gasteiger partial charge in [-0.2, -0.15) is 0 Å². The molecular weight excluding hydrogens is 279 g/mol. The van der Waals surface area contributed by atoms with Crippen LogP contribution in [0.3, 0.4) is 0 Å². The smallest absolute Gasteiger partial charge is 0.141 e. The van der Waals surface area contributed by atoms with Gasteiger partial charge in [0.2, 0.25) is 0 Å². The zero-order chi connectivity index (χ0) is 14.5. The Morgan fingerprint density at radius 3 is 2.55 bits per heavy atom. The molecule has 1 aromatic carbocycles. The number of halogens is 2. The van der Waals surface area contributed by atoms with Crippen molar-refractivity contribution in [1.82, 2.24) is 10.3 Å². The normalized spacial score (nSPS) is 14.0. The first-order chi connectivity index (χ1) is 9.56. The van der Waals surface area contributed by atoms with E-state index in [4.69, 9.17) is 11.6 Å². The average molecular weight is 295 g/mol. The largest absolute Gasteiger partial charge is 0.387 e. The molecule has 0 aliphatic carbocycles. The summed E-state index contributed by atoms with van der Waals surface area (Å²) in [5.74, 6) is -0.359. The number of aliphatic hydroxyl groups is 1. The van der Waals surface area contributed by atoms with Crippen molar-refractivity contribution in [1.29, 1.82) is 0 Å². The highest BCUT2D eigenvalue weighted by molar-refractivity contribution is 6.30. The van der Waals surface area contributed by atoms with E-state index in [0.717, 1.165) is 11.3 Å². The van der Waals surface area contributed by atoms with E-state index in [1.54, 1.807) is 30.3 Å². The zero-order valence-corrected chi connectivity index (χ0v) is 11.8. The van der Waals surface area contributed by atoms with E-state index in [1.807, 2.05) is 6.92 Å². The van der Waals surface area contributed by atoms with Crippen LogP contribution in [-0.2, 0) is 0 Å². The number of pyridine rings is 1. The summed E-state index contributed by atoms with van der Waals surface area (Å²) in [6, 6.07) is 9.98. The Morgan fingerprint density at radius 1 is 1.25 bits per heavy atom. The van der Waals surface area contributed by atoms with Gasteiger partial charge in [0, 0.05) is 17.6 Å². The number of nitrogens with one attached hydrogen (secondary N) is 1. The molecule has 0 saturated carbocycles. The van der Waals surface area contributed by atoms with Gasteiger partial charge < -0.3 is 10.4 Å². The van der Waals surface area contributed by atoms with E-state index in [2.05, 4.69) is 10.3 Å². The molecular formula is C15H16ClFN2O. The molecule has 2 atom stereocenters. The number of rotatable bonds is 5. The van der Waals surface area contributed by atoms with Gasteiger partial charge in [0.05, 0.1) is 18.0 Å². The molecule has 0 saturated heterocycles. The predicted octanol–water partition coefficient (Wildman–Crippen LogP) is 3.26. The number of aromatic nitrogens is 1. The standard InChI is InChI=1S/C15H16ClFN2O/c1-10(14-7-6-13(17)8-19-14)18-9-15(20)11-2-4-12(16)5-3-11/h2-8,10,15,18,20H,9H2,1H3. The quantitative estimate of drug-likeness (QED) is 0.890. The lowest BCUT2D eigenvalue weighted by atomic mass is 10.1. The van der Waals surface area contributed by atoms with Gasteiger partial charge in [0.25, 0.3) is 0 Å². The molecule has 2 N–H and O–H groups in total. The highest BCUT2D eigenvalue weighted by Gasteiger charge is 2.11. The lowest BCUT2D eigenvalue weighted by Crippen LogP contribution is -2.25. The Labute approximate surface area is 122 Å². The van der Waals surface area contributed by atoms with Crippen LogP contribution in [0.1, 0.15) is 30.3 Å². The third kappa shape index (κ3) is 4.00. The summed E-state index contributed by atoms with van der Waals surface area (Å²) in [5.41, 5.74) is 1.52. The van der Waals surface area contributed by atoms with Crippen molar-refractivity contribution < 1.29 is 9.50 Å². The summed E-state index contributed by atoms with van der Waals surface area (Å²) in [5, 5.41) is 13.9. The van der Waals surface area contributed by atoms with E-state index in [-0.39, 0.29) is 11.9 Å². The highest BCUT2D eigenvalue weighted by Crippen LogP contribution is 2.17. The van der Waals surface area contributed by atoms with Crippen molar-refractivity contribution in [2.45, 2.75) is 19.1 Å². The van der Waals surface area contributed by atoms with Crippen LogP contribution in [0.4, 0.5) is 4.39 Å². The maximum atomic E-state index is 12.8. The Hall–Kier alpha value is -1.49. The van der Waals surface area contributed by atoms with Crippen molar-refractivity contribution >= 4 is 11.6 Å². The summed E-state index contributed by atoms with van der Waals surface area (Å²) < 4.78 is 12.8. The molecule has 0 bridgehead atoms. The van der Waals surface area contributed by atoms with Crippen molar-refractivity contribution in [3.05, 3.63) is 64.7 Å². The number of benzene rings is 1. The van der Waals surface area contributed by atoms with Crippen LogP contribution in [0.15, 0.2) is 42.6 Å². The third-order valence-corrected chi connectivity index (χ3v) is 3.32. The van der Waals surface area contributed by atoms with E-state index in [9.17, 15) is 9.50 Å². The highest BCUT2D eigenvalue weighted by atomic mass is 35.5. The maximum absolute atomic E-state index is 12.8. The molecule has 5 heteroatoms. The summed E-state index contributed by atoms with van der Waals surface area (Å²) in [6.45, 7) is 2.29. The van der Waals surface area contributed by atoms with Crippen LogP contribution in [0.5, 0.6) is 0 Å². The molecule has 106 valence electrons. The SMILES string of the molecule is CC(NCC(O)c1ccc(Cl)cc1)c1ccc(F)cn1. The van der Waals surface area contributed by atoms with Crippen molar-refractivity contribution in [3.63, 3.8) is 0 Å². The molecule has 0 fully saturated rings. The van der Waals surface area contributed by atoms with Crippen LogP contribution in [0.2, 0.25) is 5.02 Å². The predicted molar refractivity (Wildman–Crippen MR) is 77.0 cm³/mol. The number of hydrogen-bond acceptors (Lipinski definition) is 3. The Balaban J connectivity index is 1.91. The molecule has 1 aromatic heterocycles. The Morgan fingerprint density at radius 2 is 1.95 bits per heavy atom. The van der Waals surface area contributed by atoms with E-state index < -0.39 is 6.10 Å². The minimum Gasteiger partial charge on any atom is -0.387 e. The Kier molecular flexibility index (Phi) is 5.06. The summed E-state index contributed by atoms with van der Waals surface area (Å²) >= 11 is 5.80. The van der Waals surface area contributed by atoms with Crippen molar-refractivity contribution in [2.75, 3.05) is 6.54 Å². The van der Waals surface area contributed by atoms with Gasteiger partial charge in [-0.1, -0.05) is 23.7 Å². The minimum atomic E-state index is -0.629. The fraction of sp³-hybridized carbons (Fsp3) is 0.267. The van der Waals surface area contributed by atoms with Crippen molar-refractivity contribution in [2.24, 2.45) is 0 Å². The molecule has 3 nitrogen and oxygen atoms in total. The monoisotopic (exact) mass is 294 g/mol. The molecule has 1 heterocycles. The third-order valence-electron chi connectivity index (χ3n) is 3.07. The van der Waals surface area contributed by atoms with Gasteiger partial charge in [-0.25, -0.2) is 4.39 Å². The number of nitrogens with zero attached hydrogens (tertiary/aromatic N) is 1. The second-order valence-corrected chi connectivity index (χ2v) is 5.04. The molecule has 0 amide bonds. The van der Waals surface area contributed by atoms with Crippen molar-refractivity contribution in [3.8, 4) is 0 Å². The van der Waals surface area contributed by atoms with E-state index >= 15 is 0 Å². The molecule has 2 aromatic rings.